The van der Waals surface area contributed by atoms with Gasteiger partial charge in [-0.1, -0.05) is 103 Å². The van der Waals surface area contributed by atoms with Crippen molar-refractivity contribution in [3.8, 4) is 11.4 Å². The molecule has 45 heavy (non-hydrogen) atoms. The van der Waals surface area contributed by atoms with E-state index in [1.54, 1.807) is 0 Å². The summed E-state index contributed by atoms with van der Waals surface area (Å²) in [6.07, 6.45) is 0. The lowest BCUT2D eigenvalue weighted by Crippen LogP contribution is -2.00. The topological polar surface area (TPSA) is 14.3 Å². The standard InChI is InChI=1S/C42H25N3/c1-6-19-36-27(11-1)28-12-2-7-20-37(28)44(36)40-22-10-17-32-30-14-3-5-18-35(30)43(42(32)40)26-23-24-39-34(25-26)33-16-9-15-31-29-13-4-8-21-38(29)45(39)41(31)33/h1-25H. The third-order valence-corrected chi connectivity index (χ3v) is 9.96. The molecule has 3 nitrogen and oxygen atoms in total. The predicted molar refractivity (Wildman–Crippen MR) is 190 cm³/mol. The molecule has 0 aliphatic carbocycles. The van der Waals surface area contributed by atoms with Crippen LogP contribution < -0.4 is 0 Å². The van der Waals surface area contributed by atoms with Crippen LogP contribution in [0.25, 0.3) is 93.1 Å². The van der Waals surface area contributed by atoms with Crippen LogP contribution in [0.1, 0.15) is 0 Å². The van der Waals surface area contributed by atoms with Gasteiger partial charge in [-0.25, -0.2) is 0 Å². The van der Waals surface area contributed by atoms with Crippen molar-refractivity contribution >= 4 is 81.7 Å². The van der Waals surface area contributed by atoms with Crippen LogP contribution in [0.3, 0.4) is 0 Å². The molecule has 7 aromatic carbocycles. The minimum Gasteiger partial charge on any atom is -0.308 e. The van der Waals surface area contributed by atoms with Crippen molar-refractivity contribution in [2.24, 2.45) is 0 Å². The Morgan fingerprint density at radius 3 is 1.40 bits per heavy atom. The van der Waals surface area contributed by atoms with Crippen LogP contribution in [0.15, 0.2) is 152 Å². The van der Waals surface area contributed by atoms with E-state index in [0.717, 1.165) is 0 Å². The van der Waals surface area contributed by atoms with Crippen LogP contribution in [0.4, 0.5) is 0 Å². The molecule has 0 N–H and O–H groups in total. The van der Waals surface area contributed by atoms with Gasteiger partial charge in [0.1, 0.15) is 0 Å². The second-order valence-electron chi connectivity index (χ2n) is 12.2. The van der Waals surface area contributed by atoms with Crippen molar-refractivity contribution in [2.45, 2.75) is 0 Å². The van der Waals surface area contributed by atoms with E-state index < -0.39 is 0 Å². The maximum absolute atomic E-state index is 2.48. The number of hydrogen-bond donors (Lipinski definition) is 0. The van der Waals surface area contributed by atoms with Crippen molar-refractivity contribution in [1.29, 1.82) is 0 Å². The summed E-state index contributed by atoms with van der Waals surface area (Å²) in [5.74, 6) is 0. The summed E-state index contributed by atoms with van der Waals surface area (Å²) in [5.41, 5.74) is 11.0. The number of para-hydroxylation sites is 6. The third kappa shape index (κ3) is 2.86. The average Bonchev–Trinajstić information content (AvgIpc) is 3.82. The zero-order valence-corrected chi connectivity index (χ0v) is 24.3. The Morgan fingerprint density at radius 2 is 0.733 bits per heavy atom. The predicted octanol–water partition coefficient (Wildman–Crippen LogP) is 11.0. The number of nitrogens with zero attached hydrogens (tertiary/aromatic N) is 3. The van der Waals surface area contributed by atoms with Gasteiger partial charge in [-0.3, -0.25) is 0 Å². The molecule has 0 saturated carbocycles. The number of fused-ring (bicyclic) bond motifs is 12. The van der Waals surface area contributed by atoms with E-state index in [0.29, 0.717) is 0 Å². The largest absolute Gasteiger partial charge is 0.308 e. The lowest BCUT2D eigenvalue weighted by molar-refractivity contribution is 1.13. The Bertz CT molecular complexity index is 2930. The van der Waals surface area contributed by atoms with Gasteiger partial charge in [0.15, 0.2) is 0 Å². The fourth-order valence-corrected chi connectivity index (χ4v) is 8.19. The molecule has 0 fully saturated rings. The SMILES string of the molecule is c1ccc2c(c1)c1ccccc1n2-c1cccc2c3ccccc3n(-c3ccc4c(c3)c3cccc5c6ccccc6n4c53)c12. The molecule has 0 radical (unpaired) electrons. The number of aromatic nitrogens is 3. The average molecular weight is 572 g/mol. The Morgan fingerprint density at radius 1 is 0.289 bits per heavy atom. The van der Waals surface area contributed by atoms with Gasteiger partial charge >= 0.3 is 0 Å². The number of benzene rings is 7. The summed E-state index contributed by atoms with van der Waals surface area (Å²) in [5, 5.41) is 10.2. The van der Waals surface area contributed by atoms with Crippen LogP contribution in [-0.2, 0) is 0 Å². The minimum atomic E-state index is 1.17. The van der Waals surface area contributed by atoms with E-state index >= 15 is 0 Å². The second kappa shape index (κ2) is 8.31. The molecule has 0 aliphatic heterocycles. The molecule has 0 spiro atoms. The molecule has 3 heteroatoms. The Balaban J connectivity index is 1.29. The zero-order chi connectivity index (χ0) is 29.2. The normalized spacial score (nSPS) is 12.4. The minimum absolute atomic E-state index is 1.17. The van der Waals surface area contributed by atoms with Crippen molar-refractivity contribution in [2.75, 3.05) is 0 Å². The van der Waals surface area contributed by atoms with Crippen molar-refractivity contribution in [3.63, 3.8) is 0 Å². The number of hydrogen-bond acceptors (Lipinski definition) is 0. The van der Waals surface area contributed by atoms with Gasteiger partial charge in [0, 0.05) is 48.8 Å². The van der Waals surface area contributed by atoms with Crippen molar-refractivity contribution < 1.29 is 0 Å². The highest BCUT2D eigenvalue weighted by molar-refractivity contribution is 6.23. The molecule has 208 valence electrons. The highest BCUT2D eigenvalue weighted by Crippen LogP contribution is 2.42. The molecule has 11 rings (SSSR count). The fourth-order valence-electron chi connectivity index (χ4n) is 8.19. The summed E-state index contributed by atoms with van der Waals surface area (Å²) in [6, 6.07) is 55.7. The molecule has 0 saturated heterocycles. The molecule has 0 amide bonds. The first-order chi connectivity index (χ1) is 22.4. The Labute approximate surface area is 257 Å². The third-order valence-electron chi connectivity index (χ3n) is 9.96. The highest BCUT2D eigenvalue weighted by atomic mass is 15.1. The Kier molecular flexibility index (Phi) is 4.32. The smallest absolute Gasteiger partial charge is 0.0782 e. The summed E-state index contributed by atoms with van der Waals surface area (Å²) in [4.78, 5) is 0. The summed E-state index contributed by atoms with van der Waals surface area (Å²) in [6.45, 7) is 0. The molecule has 0 aliphatic rings. The zero-order valence-electron chi connectivity index (χ0n) is 24.3. The van der Waals surface area contributed by atoms with E-state index in [2.05, 4.69) is 165 Å². The van der Waals surface area contributed by atoms with Crippen LogP contribution in [-0.4, -0.2) is 13.5 Å². The highest BCUT2D eigenvalue weighted by Gasteiger charge is 2.21. The first kappa shape index (κ1) is 23.4. The van der Waals surface area contributed by atoms with Crippen LogP contribution in [0.2, 0.25) is 0 Å². The van der Waals surface area contributed by atoms with Crippen LogP contribution >= 0.6 is 0 Å². The second-order valence-corrected chi connectivity index (χ2v) is 12.2. The molecular weight excluding hydrogens is 546 g/mol. The van der Waals surface area contributed by atoms with Gasteiger partial charge in [0.05, 0.1) is 44.3 Å². The lowest BCUT2D eigenvalue weighted by Gasteiger charge is -2.14. The van der Waals surface area contributed by atoms with Gasteiger partial charge in [-0.2, -0.15) is 0 Å². The molecule has 0 bridgehead atoms. The molecule has 0 atom stereocenters. The maximum Gasteiger partial charge on any atom is 0.0782 e. The lowest BCUT2D eigenvalue weighted by atomic mass is 10.1. The maximum atomic E-state index is 2.48. The summed E-state index contributed by atoms with van der Waals surface area (Å²) in [7, 11) is 0. The molecular formula is C42H25N3. The van der Waals surface area contributed by atoms with E-state index in [9.17, 15) is 0 Å². The first-order valence-corrected chi connectivity index (χ1v) is 15.5. The monoisotopic (exact) mass is 571 g/mol. The van der Waals surface area contributed by atoms with E-state index in [-0.39, 0.29) is 0 Å². The van der Waals surface area contributed by atoms with Gasteiger partial charge in [-0.05, 0) is 48.5 Å². The van der Waals surface area contributed by atoms with E-state index in [1.807, 2.05) is 0 Å². The molecule has 4 heterocycles. The summed E-state index contributed by atoms with van der Waals surface area (Å²) < 4.78 is 7.39. The first-order valence-electron chi connectivity index (χ1n) is 15.5. The molecule has 11 aromatic rings. The van der Waals surface area contributed by atoms with Crippen LogP contribution in [0.5, 0.6) is 0 Å². The van der Waals surface area contributed by atoms with E-state index in [4.69, 9.17) is 0 Å². The van der Waals surface area contributed by atoms with Gasteiger partial charge in [-0.15, -0.1) is 0 Å². The van der Waals surface area contributed by atoms with Crippen molar-refractivity contribution in [3.05, 3.63) is 152 Å². The van der Waals surface area contributed by atoms with Gasteiger partial charge in [0.2, 0.25) is 0 Å². The quantitative estimate of drug-likeness (QED) is 0.196. The number of rotatable bonds is 2. The van der Waals surface area contributed by atoms with Gasteiger partial charge in [0.25, 0.3) is 0 Å². The Hall–Kier alpha value is -6.06. The van der Waals surface area contributed by atoms with Gasteiger partial charge < -0.3 is 13.5 Å². The van der Waals surface area contributed by atoms with E-state index in [1.165, 1.54) is 93.1 Å². The molecule has 4 aromatic heterocycles. The summed E-state index contributed by atoms with van der Waals surface area (Å²) >= 11 is 0. The van der Waals surface area contributed by atoms with Crippen LogP contribution in [0, 0.1) is 0 Å². The fraction of sp³-hybridized carbons (Fsp3) is 0. The molecule has 0 unspecified atom stereocenters. The van der Waals surface area contributed by atoms with Crippen molar-refractivity contribution in [1.82, 2.24) is 13.5 Å².